The first kappa shape index (κ1) is 15.2. The molecule has 1 aliphatic carbocycles. The lowest BCUT2D eigenvalue weighted by atomic mass is 9.93. The smallest absolute Gasteiger partial charge is 0.241 e. The molecule has 0 bridgehead atoms. The second-order valence-corrected chi connectivity index (χ2v) is 6.98. The molecule has 2 fully saturated rings. The summed E-state index contributed by atoms with van der Waals surface area (Å²) in [6.07, 6.45) is 10.6. The first-order chi connectivity index (χ1) is 9.21. The highest BCUT2D eigenvalue weighted by molar-refractivity contribution is 7.99. The van der Waals surface area contributed by atoms with Crippen LogP contribution in [0.1, 0.15) is 58.8 Å². The van der Waals surface area contributed by atoms with Crippen molar-refractivity contribution in [3.8, 4) is 0 Å². The van der Waals surface area contributed by atoms with Crippen molar-refractivity contribution in [1.29, 1.82) is 0 Å². The van der Waals surface area contributed by atoms with E-state index < -0.39 is 0 Å². The number of rotatable bonds is 5. The molecule has 0 aromatic carbocycles. The number of amides is 1. The maximum absolute atomic E-state index is 12.5. The fourth-order valence-corrected chi connectivity index (χ4v) is 4.24. The molecule has 0 aromatic heterocycles. The molecule has 1 saturated heterocycles. The van der Waals surface area contributed by atoms with Gasteiger partial charge in [-0.1, -0.05) is 20.3 Å². The summed E-state index contributed by atoms with van der Waals surface area (Å²) in [6.45, 7) is 4.31. The van der Waals surface area contributed by atoms with Gasteiger partial charge < -0.3 is 4.90 Å². The minimum Gasteiger partial charge on any atom is -0.323 e. The molecule has 2 rings (SSSR count). The van der Waals surface area contributed by atoms with Crippen LogP contribution in [0.2, 0.25) is 0 Å². The Morgan fingerprint density at radius 1 is 1.26 bits per heavy atom. The summed E-state index contributed by atoms with van der Waals surface area (Å²) in [5.74, 6) is 0.355. The largest absolute Gasteiger partial charge is 0.323 e. The SMILES string of the molecule is CCCC1NC(CC)C(=O)N1C1CCC(SC)CC1. The van der Waals surface area contributed by atoms with E-state index in [1.165, 1.54) is 25.7 Å². The standard InChI is InChI=1S/C15H28N2OS/c1-4-6-14-16-13(5-2)15(18)17(14)11-7-9-12(19-3)10-8-11/h11-14,16H,4-10H2,1-3H3. The number of nitrogens with one attached hydrogen (secondary N) is 1. The van der Waals surface area contributed by atoms with Crippen LogP contribution in [0.3, 0.4) is 0 Å². The highest BCUT2D eigenvalue weighted by atomic mass is 32.2. The van der Waals surface area contributed by atoms with Gasteiger partial charge in [0.25, 0.3) is 0 Å². The van der Waals surface area contributed by atoms with E-state index in [1.54, 1.807) is 0 Å². The molecule has 0 spiro atoms. The highest BCUT2D eigenvalue weighted by Gasteiger charge is 2.41. The maximum Gasteiger partial charge on any atom is 0.241 e. The van der Waals surface area contributed by atoms with Crippen molar-refractivity contribution in [3.05, 3.63) is 0 Å². The summed E-state index contributed by atoms with van der Waals surface area (Å²) in [4.78, 5) is 14.7. The number of nitrogens with zero attached hydrogens (tertiary/aromatic N) is 1. The van der Waals surface area contributed by atoms with Crippen molar-refractivity contribution in [2.45, 2.75) is 82.3 Å². The Balaban J connectivity index is 2.01. The Labute approximate surface area is 121 Å². The van der Waals surface area contributed by atoms with Crippen LogP contribution in [0, 0.1) is 0 Å². The van der Waals surface area contributed by atoms with Crippen LogP contribution in [0.5, 0.6) is 0 Å². The number of thioether (sulfide) groups is 1. The van der Waals surface area contributed by atoms with Crippen molar-refractivity contribution in [3.63, 3.8) is 0 Å². The summed E-state index contributed by atoms with van der Waals surface area (Å²) >= 11 is 1.99. The zero-order valence-corrected chi connectivity index (χ0v) is 13.3. The third kappa shape index (κ3) is 3.27. The zero-order valence-electron chi connectivity index (χ0n) is 12.5. The Kier molecular flexibility index (Phi) is 5.58. The number of hydrogen-bond donors (Lipinski definition) is 1. The molecule has 1 aliphatic heterocycles. The summed E-state index contributed by atoms with van der Waals surface area (Å²) < 4.78 is 0. The van der Waals surface area contributed by atoms with E-state index in [1.807, 2.05) is 11.8 Å². The quantitative estimate of drug-likeness (QED) is 0.842. The lowest BCUT2D eigenvalue weighted by Crippen LogP contribution is -2.46. The molecule has 0 radical (unpaired) electrons. The van der Waals surface area contributed by atoms with E-state index >= 15 is 0 Å². The van der Waals surface area contributed by atoms with Crippen molar-refractivity contribution in [2.24, 2.45) is 0 Å². The third-order valence-electron chi connectivity index (χ3n) is 4.62. The van der Waals surface area contributed by atoms with Crippen LogP contribution in [0.25, 0.3) is 0 Å². The van der Waals surface area contributed by atoms with Crippen LogP contribution >= 0.6 is 11.8 Å². The van der Waals surface area contributed by atoms with Crippen LogP contribution < -0.4 is 5.32 Å². The summed E-state index contributed by atoms with van der Waals surface area (Å²) in [7, 11) is 0. The second kappa shape index (κ2) is 6.98. The second-order valence-electron chi connectivity index (χ2n) is 5.84. The Hall–Kier alpha value is -0.220. The van der Waals surface area contributed by atoms with Gasteiger partial charge in [0.15, 0.2) is 0 Å². The highest BCUT2D eigenvalue weighted by Crippen LogP contribution is 2.32. The van der Waals surface area contributed by atoms with Crippen molar-refractivity contribution in [2.75, 3.05) is 6.26 Å². The number of carbonyl (C=O) groups excluding carboxylic acids is 1. The fraction of sp³-hybridized carbons (Fsp3) is 0.933. The van der Waals surface area contributed by atoms with Gasteiger partial charge in [0.2, 0.25) is 5.91 Å². The van der Waals surface area contributed by atoms with Crippen molar-refractivity contribution in [1.82, 2.24) is 10.2 Å². The first-order valence-electron chi connectivity index (χ1n) is 7.82. The van der Waals surface area contributed by atoms with Gasteiger partial charge in [0, 0.05) is 11.3 Å². The lowest BCUT2D eigenvalue weighted by Gasteiger charge is -2.37. The number of carbonyl (C=O) groups is 1. The topological polar surface area (TPSA) is 32.3 Å². The van der Waals surface area contributed by atoms with Gasteiger partial charge in [-0.15, -0.1) is 0 Å². The molecule has 110 valence electrons. The molecular formula is C15H28N2OS. The molecule has 1 saturated carbocycles. The molecule has 1 N–H and O–H groups in total. The van der Waals surface area contributed by atoms with E-state index in [2.05, 4.69) is 30.3 Å². The molecular weight excluding hydrogens is 256 g/mol. The third-order valence-corrected chi connectivity index (χ3v) is 5.76. The predicted molar refractivity (Wildman–Crippen MR) is 82.3 cm³/mol. The number of hydrogen-bond acceptors (Lipinski definition) is 3. The van der Waals surface area contributed by atoms with Gasteiger partial charge in [-0.05, 0) is 44.8 Å². The fourth-order valence-electron chi connectivity index (χ4n) is 3.50. The van der Waals surface area contributed by atoms with E-state index in [4.69, 9.17) is 0 Å². The molecule has 4 heteroatoms. The summed E-state index contributed by atoms with van der Waals surface area (Å²) in [6, 6.07) is 0.548. The van der Waals surface area contributed by atoms with Gasteiger partial charge in [-0.3, -0.25) is 10.1 Å². The monoisotopic (exact) mass is 284 g/mol. The van der Waals surface area contributed by atoms with Crippen molar-refractivity contribution < 1.29 is 4.79 Å². The molecule has 1 heterocycles. The normalized spacial score (nSPS) is 35.9. The van der Waals surface area contributed by atoms with Gasteiger partial charge >= 0.3 is 0 Å². The van der Waals surface area contributed by atoms with E-state index in [0.29, 0.717) is 18.1 Å². The van der Waals surface area contributed by atoms with E-state index in [0.717, 1.165) is 24.5 Å². The summed E-state index contributed by atoms with van der Waals surface area (Å²) in [5, 5.41) is 4.35. The minimum absolute atomic E-state index is 0.0647. The lowest BCUT2D eigenvalue weighted by molar-refractivity contribution is -0.133. The Morgan fingerprint density at radius 3 is 2.47 bits per heavy atom. The predicted octanol–water partition coefficient (Wildman–Crippen LogP) is 3.00. The zero-order chi connectivity index (χ0) is 13.8. The van der Waals surface area contributed by atoms with Crippen LogP contribution in [-0.2, 0) is 4.79 Å². The average molecular weight is 284 g/mol. The van der Waals surface area contributed by atoms with Gasteiger partial charge in [0.1, 0.15) is 0 Å². The van der Waals surface area contributed by atoms with E-state index in [-0.39, 0.29) is 6.04 Å². The van der Waals surface area contributed by atoms with Crippen LogP contribution in [0.15, 0.2) is 0 Å². The molecule has 1 amide bonds. The van der Waals surface area contributed by atoms with Gasteiger partial charge in [0.05, 0.1) is 12.2 Å². The molecule has 2 unspecified atom stereocenters. The van der Waals surface area contributed by atoms with Gasteiger partial charge in [-0.25, -0.2) is 0 Å². The van der Waals surface area contributed by atoms with Gasteiger partial charge in [-0.2, -0.15) is 11.8 Å². The first-order valence-corrected chi connectivity index (χ1v) is 9.11. The van der Waals surface area contributed by atoms with Crippen molar-refractivity contribution >= 4 is 17.7 Å². The Bertz CT molecular complexity index is 303. The Morgan fingerprint density at radius 2 is 1.95 bits per heavy atom. The van der Waals surface area contributed by atoms with E-state index in [9.17, 15) is 4.79 Å². The summed E-state index contributed by atoms with van der Waals surface area (Å²) in [5.41, 5.74) is 0. The molecule has 2 atom stereocenters. The minimum atomic E-state index is 0.0647. The van der Waals surface area contributed by atoms with Crippen LogP contribution in [0.4, 0.5) is 0 Å². The van der Waals surface area contributed by atoms with Crippen LogP contribution in [-0.4, -0.2) is 40.6 Å². The molecule has 0 aromatic rings. The molecule has 3 nitrogen and oxygen atoms in total. The molecule has 19 heavy (non-hydrogen) atoms. The maximum atomic E-state index is 12.5. The molecule has 2 aliphatic rings. The average Bonchev–Trinajstić information content (AvgIpc) is 2.75.